The number of rotatable bonds is 25. The number of carbonyl (C=O) groups excluding carboxylic acids is 7. The highest BCUT2D eigenvalue weighted by Gasteiger charge is 2.47. The molecule has 328 valence electrons. The summed E-state index contributed by atoms with van der Waals surface area (Å²) in [6.45, 7) is 4.93. The Kier molecular flexibility index (Phi) is 24.5. The molecule has 0 bridgehead atoms. The predicted octanol–water partition coefficient (Wildman–Crippen LogP) is -5.44. The second-order valence-electron chi connectivity index (χ2n) is 12.4. The van der Waals surface area contributed by atoms with Gasteiger partial charge < -0.3 is 93.3 Å². The third-order valence-corrected chi connectivity index (χ3v) is 8.40. The molecule has 16 atom stereocenters. The summed E-state index contributed by atoms with van der Waals surface area (Å²) in [5, 5.41) is 47.8. The summed E-state index contributed by atoms with van der Waals surface area (Å²) in [7, 11) is 4.00. The van der Waals surface area contributed by atoms with Gasteiger partial charge in [0.1, 0.15) is 36.6 Å². The van der Waals surface area contributed by atoms with Crippen LogP contribution in [0.5, 0.6) is 0 Å². The average molecular weight is 830 g/mol. The Morgan fingerprint density at radius 3 is 1.46 bits per heavy atom. The van der Waals surface area contributed by atoms with Crippen molar-refractivity contribution in [1.29, 1.82) is 0 Å². The first-order chi connectivity index (χ1) is 27.1. The number of ether oxygens (including phenoxy) is 10. The van der Waals surface area contributed by atoms with Crippen LogP contribution in [0.25, 0.3) is 0 Å². The first-order valence-corrected chi connectivity index (χ1v) is 17.4. The number of aldehydes is 3. The van der Waals surface area contributed by atoms with E-state index in [2.05, 4.69) is 20.7 Å². The average Bonchev–Trinajstić information content (AvgIpc) is 3.17. The molecule has 2 saturated heterocycles. The zero-order valence-electron chi connectivity index (χ0n) is 32.5. The van der Waals surface area contributed by atoms with E-state index < -0.39 is 117 Å². The van der Waals surface area contributed by atoms with Crippen molar-refractivity contribution in [2.45, 2.75) is 126 Å². The maximum Gasteiger partial charge on any atom is 0.295 e. The van der Waals surface area contributed by atoms with E-state index in [1.165, 1.54) is 21.0 Å². The molecule has 0 aliphatic carbocycles. The molecule has 24 nitrogen and oxygen atoms in total. The molecule has 0 aromatic carbocycles. The summed E-state index contributed by atoms with van der Waals surface area (Å²) in [6, 6.07) is -1.65. The van der Waals surface area contributed by atoms with E-state index >= 15 is 0 Å². The second-order valence-corrected chi connectivity index (χ2v) is 12.4. The Hall–Kier alpha value is -3.63. The minimum Gasteiger partial charge on any atom is -0.434 e. The number of methoxy groups -OCH3 is 2. The van der Waals surface area contributed by atoms with Crippen molar-refractivity contribution < 1.29 is 101 Å². The number of likely N-dealkylation sites (N-methyl/N-ethyl adjacent to an activating group) is 1. The lowest BCUT2D eigenvalue weighted by Gasteiger charge is -2.44. The maximum absolute atomic E-state index is 11.6. The Bertz CT molecular complexity index is 1240. The van der Waals surface area contributed by atoms with Crippen molar-refractivity contribution in [3.05, 3.63) is 0 Å². The third-order valence-electron chi connectivity index (χ3n) is 8.40. The molecule has 24 heteroatoms. The van der Waals surface area contributed by atoms with Crippen LogP contribution in [-0.2, 0) is 80.9 Å². The number of aliphatic hydroxyl groups excluding tert-OH is 4. The van der Waals surface area contributed by atoms with Gasteiger partial charge in [0, 0.05) is 34.6 Å². The SMILES string of the molecule is CNC[C@@H](OC(OC=O)C(C=O)OC)OC1[C@H](O)C(CO)O[C@@H](C)[C@H]1NC(C)=O.COC(C=O)C(OC=O)O[C@H](C=O)OC1[C@H](O)C(CO)O[C@@H](C)[C@H]1NC(C)=O. The minimum absolute atomic E-state index is 0.00464. The molecule has 0 saturated carbocycles. The van der Waals surface area contributed by atoms with Crippen molar-refractivity contribution in [2.24, 2.45) is 0 Å². The van der Waals surface area contributed by atoms with Crippen molar-refractivity contribution in [3.63, 3.8) is 0 Å². The largest absolute Gasteiger partial charge is 0.434 e. The number of hydrogen-bond donors (Lipinski definition) is 7. The molecule has 2 aliphatic rings. The second kappa shape index (κ2) is 27.1. The molecular formula is C33H55N3O21. The van der Waals surface area contributed by atoms with E-state index in [0.717, 1.165) is 7.11 Å². The first kappa shape index (κ1) is 51.4. The van der Waals surface area contributed by atoms with Crippen LogP contribution in [0.15, 0.2) is 0 Å². The van der Waals surface area contributed by atoms with E-state index in [1.54, 1.807) is 20.9 Å². The van der Waals surface area contributed by atoms with Gasteiger partial charge in [-0.2, -0.15) is 0 Å². The molecule has 0 radical (unpaired) electrons. The van der Waals surface area contributed by atoms with Gasteiger partial charge in [0.05, 0.1) is 37.5 Å². The zero-order valence-corrected chi connectivity index (χ0v) is 32.5. The fourth-order valence-corrected chi connectivity index (χ4v) is 5.71. The lowest BCUT2D eigenvalue weighted by molar-refractivity contribution is -0.294. The minimum atomic E-state index is -1.71. The smallest absolute Gasteiger partial charge is 0.295 e. The number of hydrogen-bond acceptors (Lipinski definition) is 22. The van der Waals surface area contributed by atoms with Crippen LogP contribution in [0.2, 0.25) is 0 Å². The van der Waals surface area contributed by atoms with Crippen LogP contribution in [0.3, 0.4) is 0 Å². The van der Waals surface area contributed by atoms with E-state index in [4.69, 9.17) is 42.6 Å². The molecule has 2 amide bonds. The van der Waals surface area contributed by atoms with Gasteiger partial charge in [-0.3, -0.25) is 24.0 Å². The van der Waals surface area contributed by atoms with Gasteiger partial charge in [-0.15, -0.1) is 0 Å². The van der Waals surface area contributed by atoms with Gasteiger partial charge in [-0.25, -0.2) is 0 Å². The molecular weight excluding hydrogens is 774 g/mol. The van der Waals surface area contributed by atoms with E-state index in [1.807, 2.05) is 0 Å². The lowest BCUT2D eigenvalue weighted by Crippen LogP contribution is -2.65. The summed E-state index contributed by atoms with van der Waals surface area (Å²) < 4.78 is 52.1. The Morgan fingerprint density at radius 2 is 1.12 bits per heavy atom. The zero-order chi connectivity index (χ0) is 43.2. The van der Waals surface area contributed by atoms with Crippen molar-refractivity contribution >= 4 is 43.6 Å². The third kappa shape index (κ3) is 15.9. The van der Waals surface area contributed by atoms with E-state index in [-0.39, 0.29) is 31.7 Å². The monoisotopic (exact) mass is 829 g/mol. The van der Waals surface area contributed by atoms with Gasteiger partial charge in [0.25, 0.3) is 12.9 Å². The van der Waals surface area contributed by atoms with Crippen molar-refractivity contribution in [2.75, 3.05) is 41.0 Å². The summed E-state index contributed by atoms with van der Waals surface area (Å²) in [6.07, 6.45) is -15.8. The Labute approximate surface area is 328 Å². The highest BCUT2D eigenvalue weighted by molar-refractivity contribution is 5.73. The maximum atomic E-state index is 11.6. The summed E-state index contributed by atoms with van der Waals surface area (Å²) >= 11 is 0. The molecule has 8 unspecified atom stereocenters. The van der Waals surface area contributed by atoms with Gasteiger partial charge in [-0.05, 0) is 20.9 Å². The highest BCUT2D eigenvalue weighted by Crippen LogP contribution is 2.27. The van der Waals surface area contributed by atoms with Gasteiger partial charge >= 0.3 is 0 Å². The van der Waals surface area contributed by atoms with Crippen LogP contribution in [0, 0.1) is 0 Å². The lowest BCUT2D eigenvalue weighted by atomic mass is 9.93. The van der Waals surface area contributed by atoms with Crippen LogP contribution in [0.4, 0.5) is 0 Å². The van der Waals surface area contributed by atoms with E-state index in [0.29, 0.717) is 12.6 Å². The molecule has 7 N–H and O–H groups in total. The number of nitrogens with one attached hydrogen (secondary N) is 3. The number of amides is 2. The van der Waals surface area contributed by atoms with Crippen molar-refractivity contribution in [1.82, 2.24) is 16.0 Å². The van der Waals surface area contributed by atoms with Crippen LogP contribution >= 0.6 is 0 Å². The molecule has 0 aromatic heterocycles. The summed E-state index contributed by atoms with van der Waals surface area (Å²) in [4.78, 5) is 78.0. The topological polar surface area (TPSA) is 329 Å². The molecule has 0 spiro atoms. The molecule has 2 heterocycles. The summed E-state index contributed by atoms with van der Waals surface area (Å²) in [5.41, 5.74) is 0. The standard InChI is InChI=1S/C17H30N2O10.C16H25NO11/c1-9-14(19-10(2)23)16(15(24)11(6-20)27-9)28-13(5-18-3)29-17(26-8-22)12(7-21)25-4;1-8-13(17-9(2)22)15(14(23)10(4-18)26-8)27-12(6-20)28-16(25-7-21)11(5-19)24-3/h7-9,11-18,20,24H,5-6H2,1-4H3,(H,19,23);5-8,10-16,18,23H,4H2,1-3H3,(H,17,22)/t9-,11?,12?,13+,14+,15+,16?,17?;8-,10?,11?,12+,13+,14+,15?,16?/m00/s1. The van der Waals surface area contributed by atoms with E-state index in [9.17, 15) is 54.0 Å². The van der Waals surface area contributed by atoms with Crippen molar-refractivity contribution in [3.8, 4) is 0 Å². The fourth-order valence-electron chi connectivity index (χ4n) is 5.71. The van der Waals surface area contributed by atoms with Crippen LogP contribution in [-0.4, -0.2) is 203 Å². The first-order valence-electron chi connectivity index (χ1n) is 17.4. The van der Waals surface area contributed by atoms with Crippen LogP contribution < -0.4 is 16.0 Å². The molecule has 0 aromatic rings. The number of aliphatic hydroxyl groups is 4. The predicted molar refractivity (Wildman–Crippen MR) is 185 cm³/mol. The Balaban J connectivity index is 0.000000570. The molecule has 2 rings (SSSR count). The van der Waals surface area contributed by atoms with Gasteiger partial charge in [0.15, 0.2) is 37.4 Å². The highest BCUT2D eigenvalue weighted by atomic mass is 16.8. The molecule has 2 aliphatic heterocycles. The Morgan fingerprint density at radius 1 is 0.702 bits per heavy atom. The quantitative estimate of drug-likeness (QED) is 0.0333. The normalized spacial score (nSPS) is 30.3. The van der Waals surface area contributed by atoms with Gasteiger partial charge in [-0.1, -0.05) is 0 Å². The van der Waals surface area contributed by atoms with Gasteiger partial charge in [0.2, 0.25) is 30.7 Å². The molecule has 2 fully saturated rings. The van der Waals surface area contributed by atoms with Crippen LogP contribution in [0.1, 0.15) is 27.7 Å². The molecule has 57 heavy (non-hydrogen) atoms. The fraction of sp³-hybridized carbons (Fsp3) is 0.788. The number of carbonyl (C=O) groups is 7. The summed E-state index contributed by atoms with van der Waals surface area (Å²) in [5.74, 6) is -0.822.